The molecule has 1 aromatic carbocycles. The van der Waals surface area contributed by atoms with Crippen LogP contribution in [0.4, 0.5) is 0 Å². The van der Waals surface area contributed by atoms with Crippen molar-refractivity contribution in [3.8, 4) is 0 Å². The number of aromatic amines is 1. The number of fused-ring (bicyclic) bond motifs is 1. The van der Waals surface area contributed by atoms with Gasteiger partial charge in [-0.25, -0.2) is 9.59 Å². The lowest BCUT2D eigenvalue weighted by Gasteiger charge is -2.00. The molecule has 0 saturated heterocycles. The summed E-state index contributed by atoms with van der Waals surface area (Å²) < 4.78 is 9.57. The Balaban J connectivity index is 2.52. The van der Waals surface area contributed by atoms with Crippen molar-refractivity contribution < 1.29 is 19.1 Å². The first-order valence-corrected chi connectivity index (χ1v) is 6.21. The summed E-state index contributed by atoms with van der Waals surface area (Å²) in [6.45, 7) is 2.03. The highest BCUT2D eigenvalue weighted by atomic mass is 16.5. The van der Waals surface area contributed by atoms with Crippen LogP contribution in [-0.4, -0.2) is 30.6 Å². The molecule has 0 unspecified atom stereocenters. The summed E-state index contributed by atoms with van der Waals surface area (Å²) in [7, 11) is 1.30. The van der Waals surface area contributed by atoms with Gasteiger partial charge in [-0.15, -0.1) is 0 Å². The maximum absolute atomic E-state index is 11.9. The van der Waals surface area contributed by atoms with E-state index in [1.165, 1.54) is 13.2 Å². The lowest BCUT2D eigenvalue weighted by Crippen LogP contribution is -2.06. The van der Waals surface area contributed by atoms with E-state index < -0.39 is 11.9 Å². The molecule has 0 radical (unpaired) electrons. The van der Waals surface area contributed by atoms with Gasteiger partial charge in [0.1, 0.15) is 5.69 Å². The number of carbonyl (C=O) groups excluding carboxylic acids is 2. The van der Waals surface area contributed by atoms with Gasteiger partial charge in [0.25, 0.3) is 0 Å². The van der Waals surface area contributed by atoms with E-state index in [4.69, 9.17) is 4.74 Å². The molecule has 0 spiro atoms. The third-order valence-corrected chi connectivity index (χ3v) is 2.81. The normalized spacial score (nSPS) is 10.9. The number of H-pyrrole nitrogens is 1. The van der Waals surface area contributed by atoms with E-state index in [9.17, 15) is 9.59 Å². The number of rotatable bonds is 4. The molecule has 0 bridgehead atoms. The predicted octanol–water partition coefficient (Wildman–Crippen LogP) is 2.53. The summed E-state index contributed by atoms with van der Waals surface area (Å²) in [6.07, 6.45) is 2.83. The molecule has 20 heavy (non-hydrogen) atoms. The van der Waals surface area contributed by atoms with Crippen molar-refractivity contribution in [1.82, 2.24) is 4.98 Å². The van der Waals surface area contributed by atoms with Crippen molar-refractivity contribution in [3.05, 3.63) is 41.6 Å². The van der Waals surface area contributed by atoms with Gasteiger partial charge in [-0.1, -0.05) is 18.2 Å². The van der Waals surface area contributed by atoms with Gasteiger partial charge in [-0.05, 0) is 19.1 Å². The number of benzene rings is 1. The molecule has 5 nitrogen and oxygen atoms in total. The van der Waals surface area contributed by atoms with Crippen molar-refractivity contribution in [2.24, 2.45) is 0 Å². The lowest BCUT2D eigenvalue weighted by molar-refractivity contribution is -0.134. The van der Waals surface area contributed by atoms with Crippen molar-refractivity contribution in [1.29, 1.82) is 0 Å². The third-order valence-electron chi connectivity index (χ3n) is 2.81. The average Bonchev–Trinajstić information content (AvgIpc) is 2.83. The molecule has 0 saturated carbocycles. The van der Waals surface area contributed by atoms with E-state index in [1.54, 1.807) is 13.0 Å². The number of ether oxygens (including phenoxy) is 2. The minimum Gasteiger partial charge on any atom is -0.466 e. The molecular weight excluding hydrogens is 258 g/mol. The number of carbonyl (C=O) groups is 2. The molecule has 2 aromatic rings. The fourth-order valence-electron chi connectivity index (χ4n) is 1.92. The van der Waals surface area contributed by atoms with Crippen LogP contribution in [-0.2, 0) is 14.3 Å². The summed E-state index contributed by atoms with van der Waals surface area (Å²) >= 11 is 0. The topological polar surface area (TPSA) is 68.4 Å². The second-order valence-electron chi connectivity index (χ2n) is 4.04. The SMILES string of the molecule is CCOC(=O)c1[nH]c2ccccc2c1/C=C/C(=O)OC. The summed E-state index contributed by atoms with van der Waals surface area (Å²) in [6, 6.07) is 7.45. The van der Waals surface area contributed by atoms with Gasteiger partial charge in [-0.3, -0.25) is 0 Å². The standard InChI is InChI=1S/C15H15NO4/c1-3-20-15(18)14-11(8-9-13(17)19-2)10-6-4-5-7-12(10)16-14/h4-9,16H,3H2,1-2H3/b9-8+. The van der Waals surface area contributed by atoms with Gasteiger partial charge in [-0.2, -0.15) is 0 Å². The molecule has 0 amide bonds. The van der Waals surface area contributed by atoms with Gasteiger partial charge in [0, 0.05) is 22.5 Å². The van der Waals surface area contributed by atoms with Crippen molar-refractivity contribution in [2.45, 2.75) is 6.92 Å². The van der Waals surface area contributed by atoms with Crippen LogP contribution >= 0.6 is 0 Å². The summed E-state index contributed by atoms with van der Waals surface area (Å²) in [5.41, 5.74) is 1.75. The first-order valence-electron chi connectivity index (χ1n) is 6.21. The number of methoxy groups -OCH3 is 1. The average molecular weight is 273 g/mol. The monoisotopic (exact) mass is 273 g/mol. The van der Waals surface area contributed by atoms with E-state index in [0.717, 1.165) is 10.9 Å². The number of aromatic nitrogens is 1. The smallest absolute Gasteiger partial charge is 0.355 e. The summed E-state index contributed by atoms with van der Waals surface area (Å²) in [5.74, 6) is -0.932. The zero-order valence-electron chi connectivity index (χ0n) is 11.3. The van der Waals surface area contributed by atoms with Crippen LogP contribution in [0.5, 0.6) is 0 Å². The quantitative estimate of drug-likeness (QED) is 0.686. The van der Waals surface area contributed by atoms with E-state index in [2.05, 4.69) is 9.72 Å². The van der Waals surface area contributed by atoms with E-state index in [0.29, 0.717) is 11.3 Å². The zero-order valence-corrected chi connectivity index (χ0v) is 11.3. The van der Waals surface area contributed by atoms with Gasteiger partial charge in [0.2, 0.25) is 0 Å². The number of para-hydroxylation sites is 1. The highest BCUT2D eigenvalue weighted by Crippen LogP contribution is 2.24. The van der Waals surface area contributed by atoms with Crippen LogP contribution in [0.1, 0.15) is 23.0 Å². The van der Waals surface area contributed by atoms with E-state index in [1.807, 2.05) is 24.3 Å². The maximum Gasteiger partial charge on any atom is 0.355 e. The molecule has 0 aliphatic heterocycles. The number of nitrogens with one attached hydrogen (secondary N) is 1. The van der Waals surface area contributed by atoms with Crippen molar-refractivity contribution >= 4 is 28.9 Å². The van der Waals surface area contributed by atoms with Crippen LogP contribution in [0.2, 0.25) is 0 Å². The molecule has 104 valence electrons. The Bertz CT molecular complexity index is 670. The summed E-state index contributed by atoms with van der Waals surface area (Å²) in [5, 5.41) is 0.843. The predicted molar refractivity (Wildman–Crippen MR) is 75.3 cm³/mol. The van der Waals surface area contributed by atoms with Crippen molar-refractivity contribution in [2.75, 3.05) is 13.7 Å². The molecular formula is C15H15NO4. The summed E-state index contributed by atoms with van der Waals surface area (Å²) in [4.78, 5) is 26.2. The Morgan fingerprint density at radius 1 is 1.30 bits per heavy atom. The van der Waals surface area contributed by atoms with Crippen LogP contribution < -0.4 is 0 Å². The largest absolute Gasteiger partial charge is 0.466 e. The fourth-order valence-corrected chi connectivity index (χ4v) is 1.92. The van der Waals surface area contributed by atoms with Gasteiger partial charge < -0.3 is 14.5 Å². The highest BCUT2D eigenvalue weighted by Gasteiger charge is 2.16. The van der Waals surface area contributed by atoms with Crippen molar-refractivity contribution in [3.63, 3.8) is 0 Å². The Morgan fingerprint density at radius 3 is 2.75 bits per heavy atom. The second-order valence-corrected chi connectivity index (χ2v) is 4.04. The molecule has 1 N–H and O–H groups in total. The van der Waals surface area contributed by atoms with Crippen LogP contribution in [0.25, 0.3) is 17.0 Å². The molecule has 2 rings (SSSR count). The van der Waals surface area contributed by atoms with E-state index >= 15 is 0 Å². The van der Waals surface area contributed by atoms with Gasteiger partial charge in [0.15, 0.2) is 0 Å². The third kappa shape index (κ3) is 2.71. The van der Waals surface area contributed by atoms with Crippen LogP contribution in [0.3, 0.4) is 0 Å². The fraction of sp³-hybridized carbons (Fsp3) is 0.200. The molecule has 5 heteroatoms. The second kappa shape index (κ2) is 6.06. The molecule has 0 aliphatic carbocycles. The zero-order chi connectivity index (χ0) is 14.5. The minimum absolute atomic E-state index is 0.286. The first kappa shape index (κ1) is 13.9. The van der Waals surface area contributed by atoms with Gasteiger partial charge >= 0.3 is 11.9 Å². The Kier molecular flexibility index (Phi) is 4.20. The maximum atomic E-state index is 11.9. The molecule has 1 aromatic heterocycles. The van der Waals surface area contributed by atoms with E-state index in [-0.39, 0.29) is 6.61 Å². The molecule has 0 fully saturated rings. The number of hydrogen-bond donors (Lipinski definition) is 1. The molecule has 0 atom stereocenters. The Morgan fingerprint density at radius 2 is 2.05 bits per heavy atom. The van der Waals surface area contributed by atoms with Crippen LogP contribution in [0.15, 0.2) is 30.3 Å². The first-order chi connectivity index (χ1) is 9.67. The number of hydrogen-bond acceptors (Lipinski definition) is 4. The molecule has 1 heterocycles. The van der Waals surface area contributed by atoms with Gasteiger partial charge in [0.05, 0.1) is 13.7 Å². The Hall–Kier alpha value is -2.56. The Labute approximate surface area is 116 Å². The lowest BCUT2D eigenvalue weighted by atomic mass is 10.1. The molecule has 0 aliphatic rings. The van der Waals surface area contributed by atoms with Crippen LogP contribution in [0, 0.1) is 0 Å². The number of esters is 2. The highest BCUT2D eigenvalue weighted by molar-refractivity contribution is 6.04. The minimum atomic E-state index is -0.481.